The molecule has 0 saturated heterocycles. The van der Waals surface area contributed by atoms with Gasteiger partial charge in [0, 0.05) is 32.7 Å². The second-order valence-electron chi connectivity index (χ2n) is 5.71. The molecule has 7 heteroatoms. The van der Waals surface area contributed by atoms with Crippen molar-refractivity contribution in [1.29, 1.82) is 0 Å². The van der Waals surface area contributed by atoms with E-state index in [0.717, 1.165) is 30.2 Å². The lowest BCUT2D eigenvalue weighted by Gasteiger charge is -2.11. The Kier molecular flexibility index (Phi) is 7.35. The van der Waals surface area contributed by atoms with E-state index in [2.05, 4.69) is 34.6 Å². The zero-order valence-corrected chi connectivity index (χ0v) is 14.5. The number of guanidine groups is 1. The first-order valence-corrected chi connectivity index (χ1v) is 8.18. The van der Waals surface area contributed by atoms with E-state index in [1.54, 1.807) is 13.4 Å². The van der Waals surface area contributed by atoms with Gasteiger partial charge in [-0.25, -0.2) is 4.99 Å². The third-order valence-electron chi connectivity index (χ3n) is 3.40. The average Bonchev–Trinajstić information content (AvgIpc) is 3.24. The summed E-state index contributed by atoms with van der Waals surface area (Å²) in [5.74, 6) is 2.74. The monoisotopic (exact) mass is 334 g/mol. The Hall–Kier alpha value is -2.28. The SMILES string of the molecule is COCCNC(=NCc1cc(C(C)C)no1)NCCc1ccco1. The van der Waals surface area contributed by atoms with Crippen molar-refractivity contribution < 1.29 is 13.7 Å². The van der Waals surface area contributed by atoms with Crippen LogP contribution in [0.3, 0.4) is 0 Å². The van der Waals surface area contributed by atoms with Crippen molar-refractivity contribution in [2.24, 2.45) is 4.99 Å². The maximum Gasteiger partial charge on any atom is 0.191 e. The minimum Gasteiger partial charge on any atom is -0.469 e. The van der Waals surface area contributed by atoms with Crippen molar-refractivity contribution in [1.82, 2.24) is 15.8 Å². The van der Waals surface area contributed by atoms with Gasteiger partial charge in [0.05, 0.1) is 18.6 Å². The molecule has 2 N–H and O–H groups in total. The molecule has 2 aromatic rings. The number of nitrogens with one attached hydrogen (secondary N) is 2. The Morgan fingerprint density at radius 3 is 2.79 bits per heavy atom. The van der Waals surface area contributed by atoms with Crippen LogP contribution >= 0.6 is 0 Å². The predicted octanol–water partition coefficient (Wildman–Crippen LogP) is 2.32. The quantitative estimate of drug-likeness (QED) is 0.416. The fourth-order valence-electron chi connectivity index (χ4n) is 2.04. The molecule has 0 atom stereocenters. The number of rotatable bonds is 9. The molecular weight excluding hydrogens is 308 g/mol. The Labute approximate surface area is 142 Å². The number of furan rings is 1. The second-order valence-corrected chi connectivity index (χ2v) is 5.71. The number of nitrogens with zero attached hydrogens (tertiary/aromatic N) is 2. The Bertz CT molecular complexity index is 605. The van der Waals surface area contributed by atoms with E-state index in [-0.39, 0.29) is 0 Å². The minimum atomic E-state index is 0.345. The van der Waals surface area contributed by atoms with Gasteiger partial charge in [-0.05, 0) is 18.1 Å². The lowest BCUT2D eigenvalue weighted by Crippen LogP contribution is -2.40. The molecule has 0 amide bonds. The van der Waals surface area contributed by atoms with Crippen molar-refractivity contribution in [3.05, 3.63) is 41.7 Å². The van der Waals surface area contributed by atoms with Crippen LogP contribution in [0.15, 0.2) is 38.4 Å². The molecule has 0 aliphatic carbocycles. The van der Waals surface area contributed by atoms with Gasteiger partial charge in [-0.2, -0.15) is 0 Å². The molecule has 0 unspecified atom stereocenters. The van der Waals surface area contributed by atoms with Gasteiger partial charge in [-0.3, -0.25) is 0 Å². The smallest absolute Gasteiger partial charge is 0.191 e. The summed E-state index contributed by atoms with van der Waals surface area (Å²) in [5, 5.41) is 10.5. The summed E-state index contributed by atoms with van der Waals surface area (Å²) in [5.41, 5.74) is 0.944. The molecular formula is C17H26N4O3. The molecule has 24 heavy (non-hydrogen) atoms. The van der Waals surface area contributed by atoms with Crippen LogP contribution < -0.4 is 10.6 Å². The van der Waals surface area contributed by atoms with E-state index in [0.29, 0.717) is 31.6 Å². The number of hydrogen-bond acceptors (Lipinski definition) is 5. The first-order valence-electron chi connectivity index (χ1n) is 8.18. The Morgan fingerprint density at radius 1 is 1.29 bits per heavy atom. The standard InChI is InChI=1S/C17H26N4O3/c1-13(2)16-11-15(24-21-16)12-20-17(19-8-10-22-3)18-7-6-14-5-4-9-23-14/h4-5,9,11,13H,6-8,10,12H2,1-3H3,(H2,18,19,20). The summed E-state index contributed by atoms with van der Waals surface area (Å²) in [7, 11) is 1.67. The maximum absolute atomic E-state index is 5.32. The van der Waals surface area contributed by atoms with Gasteiger partial charge in [0.2, 0.25) is 0 Å². The number of methoxy groups -OCH3 is 1. The molecule has 0 spiro atoms. The molecule has 0 bridgehead atoms. The van der Waals surface area contributed by atoms with E-state index in [4.69, 9.17) is 13.7 Å². The maximum atomic E-state index is 5.32. The highest BCUT2D eigenvalue weighted by Crippen LogP contribution is 2.14. The van der Waals surface area contributed by atoms with Gasteiger partial charge in [0.25, 0.3) is 0 Å². The lowest BCUT2D eigenvalue weighted by atomic mass is 10.1. The zero-order chi connectivity index (χ0) is 17.2. The minimum absolute atomic E-state index is 0.345. The van der Waals surface area contributed by atoms with Crippen LogP contribution in [0.25, 0.3) is 0 Å². The second kappa shape index (κ2) is 9.77. The van der Waals surface area contributed by atoms with Crippen LogP contribution in [-0.4, -0.2) is 37.9 Å². The lowest BCUT2D eigenvalue weighted by molar-refractivity contribution is 0.203. The summed E-state index contributed by atoms with van der Waals surface area (Å²) in [4.78, 5) is 4.53. The van der Waals surface area contributed by atoms with Gasteiger partial charge in [-0.15, -0.1) is 0 Å². The molecule has 0 aromatic carbocycles. The molecule has 2 rings (SSSR count). The number of aliphatic imine (C=N–C) groups is 1. The highest BCUT2D eigenvalue weighted by atomic mass is 16.5. The van der Waals surface area contributed by atoms with Crippen LogP contribution in [0.1, 0.15) is 37.0 Å². The van der Waals surface area contributed by atoms with Gasteiger partial charge in [0.1, 0.15) is 12.3 Å². The van der Waals surface area contributed by atoms with Crippen molar-refractivity contribution in [2.75, 3.05) is 26.8 Å². The first-order chi connectivity index (χ1) is 11.7. The number of hydrogen-bond donors (Lipinski definition) is 2. The van der Waals surface area contributed by atoms with E-state index in [9.17, 15) is 0 Å². The Morgan fingerprint density at radius 2 is 2.12 bits per heavy atom. The fraction of sp³-hybridized carbons (Fsp3) is 0.529. The van der Waals surface area contributed by atoms with Crippen LogP contribution in [0.2, 0.25) is 0 Å². The summed E-state index contributed by atoms with van der Waals surface area (Å²) in [6.45, 7) is 6.61. The van der Waals surface area contributed by atoms with Crippen LogP contribution in [0.5, 0.6) is 0 Å². The highest BCUT2D eigenvalue weighted by Gasteiger charge is 2.07. The van der Waals surface area contributed by atoms with Crippen molar-refractivity contribution in [2.45, 2.75) is 32.7 Å². The zero-order valence-electron chi connectivity index (χ0n) is 14.5. The fourth-order valence-corrected chi connectivity index (χ4v) is 2.04. The first kappa shape index (κ1) is 18.1. The van der Waals surface area contributed by atoms with Crippen LogP contribution in [0, 0.1) is 0 Å². The molecule has 0 fully saturated rings. The highest BCUT2D eigenvalue weighted by molar-refractivity contribution is 5.79. The predicted molar refractivity (Wildman–Crippen MR) is 92.0 cm³/mol. The molecule has 0 aliphatic heterocycles. The van der Waals surface area contributed by atoms with Gasteiger partial charge in [-0.1, -0.05) is 19.0 Å². The third-order valence-corrected chi connectivity index (χ3v) is 3.40. The molecule has 2 heterocycles. The van der Waals surface area contributed by atoms with Crippen molar-refractivity contribution in [3.63, 3.8) is 0 Å². The summed E-state index contributed by atoms with van der Waals surface area (Å²) in [6.07, 6.45) is 2.47. The summed E-state index contributed by atoms with van der Waals surface area (Å²) >= 11 is 0. The van der Waals surface area contributed by atoms with E-state index in [1.165, 1.54) is 0 Å². The van der Waals surface area contributed by atoms with Gasteiger partial charge in [0.15, 0.2) is 11.7 Å². The molecule has 0 aliphatic rings. The van der Waals surface area contributed by atoms with E-state index >= 15 is 0 Å². The number of ether oxygens (including phenoxy) is 1. The van der Waals surface area contributed by atoms with Crippen LogP contribution in [0.4, 0.5) is 0 Å². The third kappa shape index (κ3) is 6.08. The molecule has 7 nitrogen and oxygen atoms in total. The number of aromatic nitrogens is 1. The topological polar surface area (TPSA) is 84.8 Å². The normalized spacial score (nSPS) is 11.9. The molecule has 2 aromatic heterocycles. The van der Waals surface area contributed by atoms with Gasteiger partial charge < -0.3 is 24.3 Å². The van der Waals surface area contributed by atoms with E-state index < -0.39 is 0 Å². The molecule has 0 radical (unpaired) electrons. The van der Waals surface area contributed by atoms with Crippen molar-refractivity contribution >= 4 is 5.96 Å². The van der Waals surface area contributed by atoms with E-state index in [1.807, 2.05) is 18.2 Å². The van der Waals surface area contributed by atoms with Crippen molar-refractivity contribution in [3.8, 4) is 0 Å². The summed E-state index contributed by atoms with van der Waals surface area (Å²) in [6, 6.07) is 5.79. The average molecular weight is 334 g/mol. The van der Waals surface area contributed by atoms with Crippen LogP contribution in [-0.2, 0) is 17.7 Å². The summed E-state index contributed by atoms with van der Waals surface area (Å²) < 4.78 is 15.7. The largest absolute Gasteiger partial charge is 0.469 e. The van der Waals surface area contributed by atoms with Gasteiger partial charge >= 0.3 is 0 Å². The molecule has 132 valence electrons. The Balaban J connectivity index is 1.87. The molecule has 0 saturated carbocycles.